The quantitative estimate of drug-likeness (QED) is 0.139. The molecule has 4 bridgehead atoms. The van der Waals surface area contributed by atoms with Gasteiger partial charge in [-0.05, 0) is 150 Å². The Morgan fingerprint density at radius 2 is 0.827 bits per heavy atom. The third-order valence-electron chi connectivity index (χ3n) is 14.1. The first-order valence-electron chi connectivity index (χ1n) is 21.4. The molecular weight excluding hydrogens is 645 g/mol. The Labute approximate surface area is 312 Å². The van der Waals surface area contributed by atoms with Crippen LogP contribution in [0.15, 0.2) is 48.5 Å². The minimum absolute atomic E-state index is 0.00769. The molecule has 8 heteroatoms. The molecule has 4 fully saturated rings. The predicted octanol–water partition coefficient (Wildman–Crippen LogP) is 8.83. The van der Waals surface area contributed by atoms with Crippen molar-refractivity contribution in [3.63, 3.8) is 0 Å². The van der Waals surface area contributed by atoms with Crippen molar-refractivity contribution in [2.24, 2.45) is 11.8 Å². The van der Waals surface area contributed by atoms with E-state index in [1.807, 2.05) is 0 Å². The molecule has 4 aliphatic heterocycles. The monoisotopic (exact) mass is 709 g/mol. The minimum atomic E-state index is -0.00769. The van der Waals surface area contributed by atoms with E-state index >= 15 is 0 Å². The van der Waals surface area contributed by atoms with E-state index in [1.54, 1.807) is 22.3 Å². The summed E-state index contributed by atoms with van der Waals surface area (Å²) >= 11 is 0. The Bertz CT molecular complexity index is 1330. The highest BCUT2D eigenvalue weighted by molar-refractivity contribution is 5.74. The minimum Gasteiger partial charge on any atom is -0.338 e. The Morgan fingerprint density at radius 1 is 0.481 bits per heavy atom. The number of unbranched alkanes of at least 4 members (excludes halogenated alkanes) is 3. The zero-order valence-electron chi connectivity index (χ0n) is 31.5. The van der Waals surface area contributed by atoms with Gasteiger partial charge < -0.3 is 21.3 Å². The lowest BCUT2D eigenvalue weighted by molar-refractivity contribution is 0.185. The van der Waals surface area contributed by atoms with Gasteiger partial charge in [0.2, 0.25) is 0 Å². The Morgan fingerprint density at radius 3 is 1.17 bits per heavy atom. The van der Waals surface area contributed by atoms with Crippen LogP contribution in [0.3, 0.4) is 0 Å². The highest BCUT2D eigenvalue weighted by Crippen LogP contribution is 2.54. The first-order chi connectivity index (χ1) is 25.6. The fraction of sp³-hybridized carbons (Fsp3) is 0.682. The topological polar surface area (TPSA) is 88.7 Å². The van der Waals surface area contributed by atoms with Gasteiger partial charge in [0.25, 0.3) is 0 Å². The van der Waals surface area contributed by atoms with E-state index in [0.29, 0.717) is 49.3 Å². The summed E-state index contributed by atoms with van der Waals surface area (Å²) in [4.78, 5) is 30.6. The number of rotatable bonds is 15. The smallest absolute Gasteiger partial charge is 0.315 e. The van der Waals surface area contributed by atoms with Crippen LogP contribution < -0.4 is 21.3 Å². The summed E-state index contributed by atoms with van der Waals surface area (Å²) < 4.78 is 0. The van der Waals surface area contributed by atoms with Gasteiger partial charge in [0.05, 0.1) is 0 Å². The van der Waals surface area contributed by atoms with E-state index in [1.165, 1.54) is 77.3 Å². The van der Waals surface area contributed by atoms with Crippen molar-refractivity contribution in [1.29, 1.82) is 0 Å². The van der Waals surface area contributed by atoms with Crippen LogP contribution in [0, 0.1) is 11.8 Å². The summed E-state index contributed by atoms with van der Waals surface area (Å²) in [7, 11) is 0. The van der Waals surface area contributed by atoms with Crippen molar-refractivity contribution >= 4 is 12.1 Å². The van der Waals surface area contributed by atoms with Crippen molar-refractivity contribution in [3.8, 4) is 0 Å². The maximum Gasteiger partial charge on any atom is 0.315 e. The van der Waals surface area contributed by atoms with Crippen LogP contribution in [0.4, 0.5) is 9.59 Å². The number of benzene rings is 2. The van der Waals surface area contributed by atoms with Crippen LogP contribution in [0.2, 0.25) is 0 Å². The van der Waals surface area contributed by atoms with Crippen LogP contribution in [-0.4, -0.2) is 60.1 Å². The molecule has 4 heterocycles. The standard InChI is InChI=1S/C44H64N6O2/c51-43(47-33-17-13-31(14-18-33)25-29-49-39-21-22-40(49)36-10-4-3-9-35(36)39)45-27-7-1-2-8-28-46-44(52)48-34-19-15-32(16-20-34)26-30-50-41-23-24-42(50)38-12-6-5-11-37(38)41/h3-6,9-12,31-34,39-42H,1-2,7-8,13-30H2,(H2,45,47,51)(H2,46,48,52)/t31?,32?,33?,34?,39-,40+,41-,42+. The Hall–Kier alpha value is -3.10. The van der Waals surface area contributed by atoms with E-state index in [2.05, 4.69) is 79.6 Å². The van der Waals surface area contributed by atoms with Crippen molar-refractivity contribution in [3.05, 3.63) is 70.8 Å². The Balaban J connectivity index is 0.606. The molecule has 2 aromatic carbocycles. The molecular formula is C44H64N6O2. The molecule has 0 radical (unpaired) electrons. The summed E-state index contributed by atoms with van der Waals surface area (Å²) in [5.74, 6) is 1.57. The zero-order chi connectivity index (χ0) is 35.3. The molecule has 2 saturated heterocycles. The average molecular weight is 709 g/mol. The highest BCUT2D eigenvalue weighted by atomic mass is 16.2. The molecule has 4 N–H and O–H groups in total. The third-order valence-corrected chi connectivity index (χ3v) is 14.1. The molecule has 8 nitrogen and oxygen atoms in total. The maximum absolute atomic E-state index is 12.5. The SMILES string of the molecule is O=C(NCCCCCCNC(=O)NC1CCC(CCN2[C@@H]3CC[C@H]2c2ccccc23)CC1)NC1CCC(CCN2[C@@H]3CC[C@H]2c2ccccc23)CC1. The molecule has 0 unspecified atom stereocenters. The molecule has 6 aliphatic rings. The molecule has 4 atom stereocenters. The lowest BCUT2D eigenvalue weighted by Gasteiger charge is -2.31. The molecule has 2 aromatic rings. The molecule has 4 amide bonds. The fourth-order valence-corrected chi connectivity index (χ4v) is 11.3. The van der Waals surface area contributed by atoms with Gasteiger partial charge in [-0.25, -0.2) is 9.59 Å². The van der Waals surface area contributed by atoms with E-state index in [0.717, 1.165) is 63.2 Å². The van der Waals surface area contributed by atoms with Crippen molar-refractivity contribution in [2.75, 3.05) is 26.2 Å². The van der Waals surface area contributed by atoms with Gasteiger partial charge in [-0.2, -0.15) is 0 Å². The van der Waals surface area contributed by atoms with Crippen molar-refractivity contribution < 1.29 is 9.59 Å². The number of urea groups is 2. The first-order valence-corrected chi connectivity index (χ1v) is 21.4. The Kier molecular flexibility index (Phi) is 11.7. The zero-order valence-corrected chi connectivity index (χ0v) is 31.5. The van der Waals surface area contributed by atoms with Crippen molar-refractivity contribution in [1.82, 2.24) is 31.1 Å². The molecule has 8 rings (SSSR count). The summed E-state index contributed by atoms with van der Waals surface area (Å²) in [6, 6.07) is 21.4. The van der Waals surface area contributed by atoms with Gasteiger partial charge in [0.1, 0.15) is 0 Å². The summed E-state index contributed by atoms with van der Waals surface area (Å²) in [5, 5.41) is 12.6. The number of amides is 4. The van der Waals surface area contributed by atoms with Crippen LogP contribution in [0.25, 0.3) is 0 Å². The number of carbonyl (C=O) groups is 2. The first kappa shape index (κ1) is 35.9. The molecule has 52 heavy (non-hydrogen) atoms. The number of hydrogen-bond donors (Lipinski definition) is 4. The molecule has 0 spiro atoms. The van der Waals surface area contributed by atoms with Gasteiger partial charge in [-0.15, -0.1) is 0 Å². The summed E-state index contributed by atoms with van der Waals surface area (Å²) in [5.41, 5.74) is 6.33. The maximum atomic E-state index is 12.5. The normalized spacial score (nSPS) is 30.5. The summed E-state index contributed by atoms with van der Waals surface area (Å²) in [6.07, 6.45) is 21.2. The molecule has 2 saturated carbocycles. The fourth-order valence-electron chi connectivity index (χ4n) is 11.3. The number of hydrogen-bond acceptors (Lipinski definition) is 4. The van der Waals surface area contributed by atoms with E-state index in [-0.39, 0.29) is 12.1 Å². The second kappa shape index (κ2) is 16.9. The lowest BCUT2D eigenvalue weighted by atomic mass is 9.84. The number of fused-ring (bicyclic) bond motifs is 10. The lowest BCUT2D eigenvalue weighted by Crippen LogP contribution is -2.44. The van der Waals surface area contributed by atoms with E-state index in [4.69, 9.17) is 0 Å². The van der Waals surface area contributed by atoms with E-state index in [9.17, 15) is 9.59 Å². The van der Waals surface area contributed by atoms with E-state index < -0.39 is 0 Å². The predicted molar refractivity (Wildman–Crippen MR) is 208 cm³/mol. The van der Waals surface area contributed by atoms with Crippen molar-refractivity contribution in [2.45, 2.75) is 152 Å². The molecule has 0 aromatic heterocycles. The van der Waals surface area contributed by atoms with Crippen LogP contribution in [0.1, 0.15) is 162 Å². The van der Waals surface area contributed by atoms with Crippen LogP contribution in [-0.2, 0) is 0 Å². The van der Waals surface area contributed by atoms with Gasteiger partial charge in [-0.3, -0.25) is 9.80 Å². The largest absolute Gasteiger partial charge is 0.338 e. The van der Waals surface area contributed by atoms with Gasteiger partial charge in [-0.1, -0.05) is 61.4 Å². The molecule has 2 aliphatic carbocycles. The number of carbonyl (C=O) groups excluding carboxylic acids is 2. The highest BCUT2D eigenvalue weighted by Gasteiger charge is 2.44. The van der Waals surface area contributed by atoms with Gasteiger partial charge in [0, 0.05) is 49.3 Å². The van der Waals surface area contributed by atoms with Gasteiger partial charge >= 0.3 is 12.1 Å². The van der Waals surface area contributed by atoms with Gasteiger partial charge in [0.15, 0.2) is 0 Å². The van der Waals surface area contributed by atoms with Crippen LogP contribution >= 0.6 is 0 Å². The third kappa shape index (κ3) is 8.18. The number of nitrogens with one attached hydrogen (secondary N) is 4. The molecule has 282 valence electrons. The summed E-state index contributed by atoms with van der Waals surface area (Å²) in [6.45, 7) is 3.86. The average Bonchev–Trinajstić information content (AvgIpc) is 3.94. The van der Waals surface area contributed by atoms with Crippen LogP contribution in [0.5, 0.6) is 0 Å². The second-order valence-corrected chi connectivity index (χ2v) is 17.2. The second-order valence-electron chi connectivity index (χ2n) is 17.2. The number of nitrogens with zero attached hydrogens (tertiary/aromatic N) is 2.